The van der Waals surface area contributed by atoms with Crippen LogP contribution in [0.25, 0.3) is 0 Å². The summed E-state index contributed by atoms with van der Waals surface area (Å²) < 4.78 is 22.0. The standard InChI is InChI=1S/C24H30N2O7/c1-5-32-21-11-15-9-10-26(19(14-23(27)28)17(15)13-22(21)33-6-2)24(29)25-18-12-16(30-3)7-8-20(18)31-4/h7-8,11-13,19H,5-6,9-10,14H2,1-4H3,(H,25,29)(H,27,28). The Morgan fingerprint density at radius 1 is 1.03 bits per heavy atom. The minimum atomic E-state index is -1.00. The van der Waals surface area contributed by atoms with Crippen molar-refractivity contribution in [2.24, 2.45) is 0 Å². The van der Waals surface area contributed by atoms with E-state index in [1.807, 2.05) is 19.9 Å². The average molecular weight is 459 g/mol. The Morgan fingerprint density at radius 2 is 1.73 bits per heavy atom. The number of nitrogens with zero attached hydrogens (tertiary/aromatic N) is 1. The molecule has 1 aliphatic rings. The summed E-state index contributed by atoms with van der Waals surface area (Å²) in [6.45, 7) is 5.02. The van der Waals surface area contributed by atoms with Crippen LogP contribution in [0.5, 0.6) is 23.0 Å². The van der Waals surface area contributed by atoms with E-state index in [1.54, 1.807) is 24.3 Å². The van der Waals surface area contributed by atoms with Crippen molar-refractivity contribution in [2.45, 2.75) is 32.7 Å². The fourth-order valence-electron chi connectivity index (χ4n) is 3.97. The lowest BCUT2D eigenvalue weighted by Crippen LogP contribution is -2.43. The third kappa shape index (κ3) is 5.42. The van der Waals surface area contributed by atoms with E-state index in [-0.39, 0.29) is 6.42 Å². The van der Waals surface area contributed by atoms with Crippen LogP contribution < -0.4 is 24.3 Å². The van der Waals surface area contributed by atoms with Crippen LogP contribution in [-0.4, -0.2) is 56.0 Å². The van der Waals surface area contributed by atoms with Gasteiger partial charge in [0.1, 0.15) is 11.5 Å². The molecule has 0 fully saturated rings. The fourth-order valence-corrected chi connectivity index (χ4v) is 3.97. The van der Waals surface area contributed by atoms with E-state index in [0.717, 1.165) is 11.1 Å². The number of rotatable bonds is 9. The molecule has 0 aliphatic carbocycles. The summed E-state index contributed by atoms with van der Waals surface area (Å²) >= 11 is 0. The summed E-state index contributed by atoms with van der Waals surface area (Å²) in [6.07, 6.45) is 0.315. The molecule has 178 valence electrons. The molecular formula is C24H30N2O7. The molecule has 0 spiro atoms. The number of methoxy groups -OCH3 is 2. The summed E-state index contributed by atoms with van der Waals surface area (Å²) in [5.74, 6) is 1.17. The number of hydrogen-bond acceptors (Lipinski definition) is 6. The monoisotopic (exact) mass is 458 g/mol. The Morgan fingerprint density at radius 3 is 2.33 bits per heavy atom. The highest BCUT2D eigenvalue weighted by Crippen LogP contribution is 2.40. The zero-order chi connectivity index (χ0) is 24.0. The van der Waals surface area contributed by atoms with Gasteiger partial charge in [-0.3, -0.25) is 4.79 Å². The molecule has 2 aromatic carbocycles. The summed E-state index contributed by atoms with van der Waals surface area (Å²) in [5, 5.41) is 12.4. The molecule has 0 aromatic heterocycles. The van der Waals surface area contributed by atoms with Crippen LogP contribution in [-0.2, 0) is 11.2 Å². The number of carbonyl (C=O) groups excluding carboxylic acids is 1. The van der Waals surface area contributed by atoms with Crippen LogP contribution >= 0.6 is 0 Å². The number of nitrogens with one attached hydrogen (secondary N) is 1. The lowest BCUT2D eigenvalue weighted by Gasteiger charge is -2.37. The molecule has 2 amide bonds. The third-order valence-corrected chi connectivity index (χ3v) is 5.44. The van der Waals surface area contributed by atoms with Gasteiger partial charge in [0, 0.05) is 12.6 Å². The number of fused-ring (bicyclic) bond motifs is 1. The van der Waals surface area contributed by atoms with Crippen molar-refractivity contribution in [3.05, 3.63) is 41.5 Å². The first-order chi connectivity index (χ1) is 15.9. The van der Waals surface area contributed by atoms with Crippen molar-refractivity contribution < 1.29 is 33.6 Å². The van der Waals surface area contributed by atoms with E-state index >= 15 is 0 Å². The second kappa shape index (κ2) is 10.8. The maximum Gasteiger partial charge on any atom is 0.322 e. The molecule has 2 aromatic rings. The highest BCUT2D eigenvalue weighted by atomic mass is 16.5. The van der Waals surface area contributed by atoms with Gasteiger partial charge < -0.3 is 34.3 Å². The Bertz CT molecular complexity index is 1010. The van der Waals surface area contributed by atoms with E-state index in [4.69, 9.17) is 18.9 Å². The number of carboxylic acid groups (broad SMARTS) is 1. The zero-order valence-corrected chi connectivity index (χ0v) is 19.3. The van der Waals surface area contributed by atoms with Crippen LogP contribution in [0, 0.1) is 0 Å². The van der Waals surface area contributed by atoms with E-state index < -0.39 is 18.0 Å². The van der Waals surface area contributed by atoms with Crippen molar-refractivity contribution in [1.82, 2.24) is 4.90 Å². The van der Waals surface area contributed by atoms with E-state index in [2.05, 4.69) is 5.32 Å². The topological polar surface area (TPSA) is 107 Å². The predicted octanol–water partition coefficient (Wildman–Crippen LogP) is 4.11. The van der Waals surface area contributed by atoms with E-state index in [1.165, 1.54) is 19.1 Å². The molecule has 0 saturated heterocycles. The van der Waals surface area contributed by atoms with Crippen LogP contribution in [0.4, 0.5) is 10.5 Å². The lowest BCUT2D eigenvalue weighted by atomic mass is 9.90. The number of anilines is 1. The summed E-state index contributed by atoms with van der Waals surface area (Å²) in [7, 11) is 3.04. The molecule has 0 bridgehead atoms. The fraction of sp³-hybridized carbons (Fsp3) is 0.417. The summed E-state index contributed by atoms with van der Waals surface area (Å²) in [6, 6.07) is 7.66. The summed E-state index contributed by atoms with van der Waals surface area (Å²) in [4.78, 5) is 26.5. The largest absolute Gasteiger partial charge is 0.497 e. The van der Waals surface area contributed by atoms with E-state index in [0.29, 0.717) is 54.9 Å². The van der Waals surface area contributed by atoms with Crippen molar-refractivity contribution in [2.75, 3.05) is 39.3 Å². The quantitative estimate of drug-likeness (QED) is 0.582. The summed E-state index contributed by atoms with van der Waals surface area (Å²) in [5.41, 5.74) is 2.11. The van der Waals surface area contributed by atoms with Gasteiger partial charge in [-0.1, -0.05) is 0 Å². The van der Waals surface area contributed by atoms with Crippen LogP contribution in [0.3, 0.4) is 0 Å². The normalized spacial score (nSPS) is 14.8. The van der Waals surface area contributed by atoms with Crippen LogP contribution in [0.2, 0.25) is 0 Å². The smallest absolute Gasteiger partial charge is 0.322 e. The molecular weight excluding hydrogens is 428 g/mol. The second-order valence-corrected chi connectivity index (χ2v) is 7.42. The average Bonchev–Trinajstić information content (AvgIpc) is 2.79. The molecule has 3 rings (SSSR count). The SMILES string of the molecule is CCOc1cc2c(cc1OCC)C(CC(=O)O)N(C(=O)Nc1cc(OC)ccc1OC)CC2. The van der Waals surface area contributed by atoms with Crippen molar-refractivity contribution in [1.29, 1.82) is 0 Å². The minimum Gasteiger partial charge on any atom is -0.497 e. The van der Waals surface area contributed by atoms with Crippen LogP contribution in [0.1, 0.15) is 37.4 Å². The molecule has 1 heterocycles. The number of aliphatic carboxylic acids is 1. The minimum absolute atomic E-state index is 0.241. The van der Waals surface area contributed by atoms with Crippen molar-refractivity contribution in [3.8, 4) is 23.0 Å². The van der Waals surface area contributed by atoms with Gasteiger partial charge in [-0.2, -0.15) is 0 Å². The number of carboxylic acids is 1. The Labute approximate surface area is 193 Å². The van der Waals surface area contributed by atoms with Gasteiger partial charge in [0.15, 0.2) is 11.5 Å². The van der Waals surface area contributed by atoms with Gasteiger partial charge in [-0.05, 0) is 55.7 Å². The highest BCUT2D eigenvalue weighted by Gasteiger charge is 2.34. The van der Waals surface area contributed by atoms with Gasteiger partial charge in [0.2, 0.25) is 0 Å². The maximum absolute atomic E-state index is 13.3. The van der Waals surface area contributed by atoms with Crippen LogP contribution in [0.15, 0.2) is 30.3 Å². The Balaban J connectivity index is 1.96. The molecule has 9 heteroatoms. The van der Waals surface area contributed by atoms with Gasteiger partial charge in [0.05, 0.1) is 45.6 Å². The van der Waals surface area contributed by atoms with Crippen molar-refractivity contribution in [3.63, 3.8) is 0 Å². The highest BCUT2D eigenvalue weighted by molar-refractivity contribution is 5.92. The third-order valence-electron chi connectivity index (χ3n) is 5.44. The number of amides is 2. The molecule has 1 atom stereocenters. The first-order valence-electron chi connectivity index (χ1n) is 10.9. The molecule has 2 N–H and O–H groups in total. The second-order valence-electron chi connectivity index (χ2n) is 7.42. The van der Waals surface area contributed by atoms with Gasteiger partial charge in [-0.25, -0.2) is 4.79 Å². The predicted molar refractivity (Wildman–Crippen MR) is 123 cm³/mol. The number of urea groups is 1. The van der Waals surface area contributed by atoms with Gasteiger partial charge >= 0.3 is 12.0 Å². The molecule has 33 heavy (non-hydrogen) atoms. The van der Waals surface area contributed by atoms with Crippen molar-refractivity contribution >= 4 is 17.7 Å². The number of benzene rings is 2. The first-order valence-corrected chi connectivity index (χ1v) is 10.9. The Hall–Kier alpha value is -3.62. The molecule has 1 aliphatic heterocycles. The molecule has 0 saturated carbocycles. The number of hydrogen-bond donors (Lipinski definition) is 2. The Kier molecular flexibility index (Phi) is 7.87. The first kappa shape index (κ1) is 24.0. The lowest BCUT2D eigenvalue weighted by molar-refractivity contribution is -0.138. The molecule has 1 unspecified atom stereocenters. The van der Waals surface area contributed by atoms with Gasteiger partial charge in [0.25, 0.3) is 0 Å². The molecule has 0 radical (unpaired) electrons. The maximum atomic E-state index is 13.3. The molecule has 9 nitrogen and oxygen atoms in total. The van der Waals surface area contributed by atoms with E-state index in [9.17, 15) is 14.7 Å². The number of ether oxygens (including phenoxy) is 4. The number of carbonyl (C=O) groups is 2. The van der Waals surface area contributed by atoms with Gasteiger partial charge in [-0.15, -0.1) is 0 Å². The zero-order valence-electron chi connectivity index (χ0n) is 19.3.